The summed E-state index contributed by atoms with van der Waals surface area (Å²) in [5, 5.41) is 6.10. The van der Waals surface area contributed by atoms with Gasteiger partial charge in [0.2, 0.25) is 5.91 Å². The second-order valence-corrected chi connectivity index (χ2v) is 4.67. The standard InChI is InChI=1S/C14H19FN2O/c15-12-5-3-4-11(10-12)7-9-17-14(18)13-6-1-2-8-16-13/h3-5,10,13,16H,1-2,6-9H2,(H,17,18)/t13-/m1/s1. The van der Waals surface area contributed by atoms with Crippen LogP contribution < -0.4 is 10.6 Å². The van der Waals surface area contributed by atoms with Gasteiger partial charge in [-0.2, -0.15) is 0 Å². The molecule has 1 aliphatic rings. The van der Waals surface area contributed by atoms with Gasteiger partial charge < -0.3 is 10.6 Å². The van der Waals surface area contributed by atoms with Crippen molar-refractivity contribution in [2.75, 3.05) is 13.1 Å². The minimum absolute atomic E-state index is 0.0498. The third-order valence-corrected chi connectivity index (χ3v) is 3.23. The summed E-state index contributed by atoms with van der Waals surface area (Å²) in [6.07, 6.45) is 3.82. The Kier molecular flexibility index (Phi) is 4.70. The van der Waals surface area contributed by atoms with E-state index in [1.54, 1.807) is 6.07 Å². The van der Waals surface area contributed by atoms with Gasteiger partial charge >= 0.3 is 0 Å². The second kappa shape index (κ2) is 6.50. The van der Waals surface area contributed by atoms with Crippen LogP contribution in [0.4, 0.5) is 4.39 Å². The Balaban J connectivity index is 1.73. The van der Waals surface area contributed by atoms with Crippen molar-refractivity contribution in [3.8, 4) is 0 Å². The van der Waals surface area contributed by atoms with E-state index in [-0.39, 0.29) is 17.8 Å². The van der Waals surface area contributed by atoms with E-state index in [2.05, 4.69) is 10.6 Å². The van der Waals surface area contributed by atoms with E-state index in [0.29, 0.717) is 13.0 Å². The zero-order valence-electron chi connectivity index (χ0n) is 10.4. The van der Waals surface area contributed by atoms with Gasteiger partial charge in [0.15, 0.2) is 0 Å². The number of amides is 1. The van der Waals surface area contributed by atoms with Gasteiger partial charge in [-0.05, 0) is 43.5 Å². The highest BCUT2D eigenvalue weighted by Crippen LogP contribution is 2.07. The Bertz CT molecular complexity index is 403. The predicted molar refractivity (Wildman–Crippen MR) is 68.8 cm³/mol. The van der Waals surface area contributed by atoms with E-state index < -0.39 is 0 Å². The minimum Gasteiger partial charge on any atom is -0.354 e. The highest BCUT2D eigenvalue weighted by atomic mass is 19.1. The molecule has 1 aliphatic heterocycles. The lowest BCUT2D eigenvalue weighted by molar-refractivity contribution is -0.123. The number of rotatable bonds is 4. The van der Waals surface area contributed by atoms with Crippen molar-refractivity contribution in [3.05, 3.63) is 35.6 Å². The van der Waals surface area contributed by atoms with Crippen LogP contribution in [0.25, 0.3) is 0 Å². The van der Waals surface area contributed by atoms with Crippen LogP contribution in [0, 0.1) is 5.82 Å². The van der Waals surface area contributed by atoms with Crippen molar-refractivity contribution < 1.29 is 9.18 Å². The Morgan fingerprint density at radius 1 is 1.44 bits per heavy atom. The molecule has 2 N–H and O–H groups in total. The second-order valence-electron chi connectivity index (χ2n) is 4.67. The first-order valence-corrected chi connectivity index (χ1v) is 6.51. The number of benzene rings is 1. The van der Waals surface area contributed by atoms with E-state index in [1.807, 2.05) is 6.07 Å². The normalized spacial score (nSPS) is 19.5. The van der Waals surface area contributed by atoms with Gasteiger partial charge in [0.05, 0.1) is 6.04 Å². The van der Waals surface area contributed by atoms with Crippen molar-refractivity contribution in [1.29, 1.82) is 0 Å². The summed E-state index contributed by atoms with van der Waals surface area (Å²) in [4.78, 5) is 11.8. The molecule has 0 aromatic heterocycles. The molecule has 0 unspecified atom stereocenters. The SMILES string of the molecule is O=C(NCCc1cccc(F)c1)[C@H]1CCCCN1. The molecule has 0 saturated carbocycles. The first kappa shape index (κ1) is 13.0. The minimum atomic E-state index is -0.229. The Morgan fingerprint density at radius 3 is 3.06 bits per heavy atom. The molecular weight excluding hydrogens is 231 g/mol. The van der Waals surface area contributed by atoms with E-state index in [4.69, 9.17) is 0 Å². The topological polar surface area (TPSA) is 41.1 Å². The zero-order valence-corrected chi connectivity index (χ0v) is 10.4. The van der Waals surface area contributed by atoms with Crippen LogP contribution in [0.1, 0.15) is 24.8 Å². The van der Waals surface area contributed by atoms with E-state index in [0.717, 1.165) is 31.4 Å². The number of carbonyl (C=O) groups excluding carboxylic acids is 1. The van der Waals surface area contributed by atoms with E-state index >= 15 is 0 Å². The zero-order chi connectivity index (χ0) is 12.8. The molecule has 1 heterocycles. The third-order valence-electron chi connectivity index (χ3n) is 3.23. The maximum absolute atomic E-state index is 12.9. The smallest absolute Gasteiger partial charge is 0.237 e. The fourth-order valence-corrected chi connectivity index (χ4v) is 2.22. The molecule has 0 spiro atoms. The molecular formula is C14H19FN2O. The predicted octanol–water partition coefficient (Wildman–Crippen LogP) is 1.63. The van der Waals surface area contributed by atoms with Gasteiger partial charge in [-0.25, -0.2) is 4.39 Å². The summed E-state index contributed by atoms with van der Waals surface area (Å²) in [6, 6.07) is 6.44. The Morgan fingerprint density at radius 2 is 2.33 bits per heavy atom. The van der Waals surface area contributed by atoms with Crippen molar-refractivity contribution in [3.63, 3.8) is 0 Å². The summed E-state index contributed by atoms with van der Waals surface area (Å²) in [5.41, 5.74) is 0.909. The summed E-state index contributed by atoms with van der Waals surface area (Å²) >= 11 is 0. The van der Waals surface area contributed by atoms with Crippen LogP contribution in [0.3, 0.4) is 0 Å². The summed E-state index contributed by atoms with van der Waals surface area (Å²) in [7, 11) is 0. The van der Waals surface area contributed by atoms with Crippen molar-refractivity contribution >= 4 is 5.91 Å². The molecule has 0 radical (unpaired) electrons. The van der Waals surface area contributed by atoms with Crippen molar-refractivity contribution in [2.45, 2.75) is 31.7 Å². The fourth-order valence-electron chi connectivity index (χ4n) is 2.22. The summed E-state index contributed by atoms with van der Waals surface area (Å²) in [5.74, 6) is -0.168. The lowest BCUT2D eigenvalue weighted by Crippen LogP contribution is -2.47. The third kappa shape index (κ3) is 3.81. The van der Waals surface area contributed by atoms with Gasteiger partial charge in [-0.3, -0.25) is 4.79 Å². The monoisotopic (exact) mass is 250 g/mol. The molecule has 1 amide bonds. The maximum Gasteiger partial charge on any atom is 0.237 e. The molecule has 1 aromatic rings. The van der Waals surface area contributed by atoms with Gasteiger partial charge in [0.1, 0.15) is 5.82 Å². The molecule has 0 aliphatic carbocycles. The van der Waals surface area contributed by atoms with E-state index in [9.17, 15) is 9.18 Å². The quantitative estimate of drug-likeness (QED) is 0.852. The van der Waals surface area contributed by atoms with Crippen LogP contribution in [-0.4, -0.2) is 25.0 Å². The molecule has 1 aromatic carbocycles. The molecule has 1 atom stereocenters. The molecule has 98 valence electrons. The lowest BCUT2D eigenvalue weighted by Gasteiger charge is -2.22. The number of hydrogen-bond donors (Lipinski definition) is 2. The number of nitrogens with one attached hydrogen (secondary N) is 2. The molecule has 2 rings (SSSR count). The molecule has 3 nitrogen and oxygen atoms in total. The highest BCUT2D eigenvalue weighted by molar-refractivity contribution is 5.81. The van der Waals surface area contributed by atoms with Gasteiger partial charge in [-0.1, -0.05) is 18.6 Å². The maximum atomic E-state index is 12.9. The van der Waals surface area contributed by atoms with Crippen molar-refractivity contribution in [2.24, 2.45) is 0 Å². The number of hydrogen-bond acceptors (Lipinski definition) is 2. The average Bonchev–Trinajstić information content (AvgIpc) is 2.40. The summed E-state index contributed by atoms with van der Waals surface area (Å²) < 4.78 is 12.9. The molecule has 1 saturated heterocycles. The number of halogens is 1. The molecule has 0 bridgehead atoms. The average molecular weight is 250 g/mol. The first-order valence-electron chi connectivity index (χ1n) is 6.51. The highest BCUT2D eigenvalue weighted by Gasteiger charge is 2.19. The number of piperidine rings is 1. The fraction of sp³-hybridized carbons (Fsp3) is 0.500. The van der Waals surface area contributed by atoms with Gasteiger partial charge in [0, 0.05) is 6.54 Å². The van der Waals surface area contributed by atoms with Crippen LogP contribution in [0.2, 0.25) is 0 Å². The molecule has 18 heavy (non-hydrogen) atoms. The Labute approximate surface area is 107 Å². The van der Waals surface area contributed by atoms with E-state index in [1.165, 1.54) is 12.1 Å². The van der Waals surface area contributed by atoms with Gasteiger partial charge in [-0.15, -0.1) is 0 Å². The largest absolute Gasteiger partial charge is 0.354 e. The van der Waals surface area contributed by atoms with Crippen LogP contribution in [-0.2, 0) is 11.2 Å². The lowest BCUT2D eigenvalue weighted by atomic mass is 10.0. The van der Waals surface area contributed by atoms with Crippen molar-refractivity contribution in [1.82, 2.24) is 10.6 Å². The van der Waals surface area contributed by atoms with Crippen LogP contribution >= 0.6 is 0 Å². The van der Waals surface area contributed by atoms with Crippen LogP contribution in [0.5, 0.6) is 0 Å². The Hall–Kier alpha value is -1.42. The summed E-state index contributed by atoms with van der Waals surface area (Å²) in [6.45, 7) is 1.47. The molecule has 4 heteroatoms. The first-order chi connectivity index (χ1) is 8.75. The molecule has 1 fully saturated rings. The van der Waals surface area contributed by atoms with Gasteiger partial charge in [0.25, 0.3) is 0 Å². The van der Waals surface area contributed by atoms with Crippen LogP contribution in [0.15, 0.2) is 24.3 Å². The number of carbonyl (C=O) groups is 1.